The molecule has 0 atom stereocenters. The summed E-state index contributed by atoms with van der Waals surface area (Å²) in [4.78, 5) is 7.91. The fraction of sp³-hybridized carbons (Fsp3) is 0.636. The third-order valence-electron chi connectivity index (χ3n) is 3.11. The van der Waals surface area contributed by atoms with E-state index in [9.17, 15) is 0 Å². The van der Waals surface area contributed by atoms with E-state index in [0.29, 0.717) is 0 Å². The average Bonchev–Trinajstić information content (AvgIpc) is 2.38. The molecule has 2 heterocycles. The molecule has 1 aromatic rings. The molecular weight excluding hydrogens is 203 g/mol. The molecule has 1 aliphatic heterocycles. The Labute approximate surface area is 97.5 Å². The van der Waals surface area contributed by atoms with Crippen LogP contribution in [0.4, 0.5) is 0 Å². The smallest absolute Gasteiger partial charge is 0.399 e. The second kappa shape index (κ2) is 4.15. The van der Waals surface area contributed by atoms with Crippen molar-refractivity contribution in [2.75, 3.05) is 0 Å². The fourth-order valence-corrected chi connectivity index (χ4v) is 1.41. The molecule has 0 aromatic carbocycles. The van der Waals surface area contributed by atoms with Gasteiger partial charge in [0.15, 0.2) is 0 Å². The van der Waals surface area contributed by atoms with Gasteiger partial charge in [-0.15, -0.1) is 0 Å². The quantitative estimate of drug-likeness (QED) is 0.674. The lowest BCUT2D eigenvalue weighted by molar-refractivity contribution is 0.00578. The summed E-state index contributed by atoms with van der Waals surface area (Å²) in [5, 5.41) is 0. The molecule has 1 aliphatic rings. The van der Waals surface area contributed by atoms with Crippen LogP contribution in [0.15, 0.2) is 18.7 Å². The second-order valence-electron chi connectivity index (χ2n) is 4.76. The maximum absolute atomic E-state index is 5.85. The highest BCUT2D eigenvalue weighted by molar-refractivity contribution is 6.61. The molecule has 0 spiro atoms. The van der Waals surface area contributed by atoms with Crippen molar-refractivity contribution in [3.63, 3.8) is 0 Å². The highest BCUT2D eigenvalue weighted by Gasteiger charge is 2.51. The van der Waals surface area contributed by atoms with Crippen molar-refractivity contribution in [2.24, 2.45) is 0 Å². The van der Waals surface area contributed by atoms with Crippen LogP contribution >= 0.6 is 0 Å². The maximum Gasteiger partial charge on any atom is 0.498 e. The highest BCUT2D eigenvalue weighted by atomic mass is 16.7. The molecule has 0 radical (unpaired) electrons. The van der Waals surface area contributed by atoms with Gasteiger partial charge in [-0.3, -0.25) is 0 Å². The molecule has 0 unspecified atom stereocenters. The topological polar surface area (TPSA) is 44.2 Å². The molecule has 16 heavy (non-hydrogen) atoms. The predicted octanol–water partition coefficient (Wildman–Crippen LogP) is 1.41. The van der Waals surface area contributed by atoms with Crippen LogP contribution in [-0.4, -0.2) is 28.3 Å². The standard InChI is InChI=1S/C10H15BN2O2.CH4/c1-9(2)10(3,4)15-11(14-9)8-5-12-7-13-6-8;/h5-7H,1-4H3;1H4. The van der Waals surface area contributed by atoms with E-state index < -0.39 is 0 Å². The van der Waals surface area contributed by atoms with Gasteiger partial charge < -0.3 is 9.31 Å². The molecule has 0 amide bonds. The summed E-state index contributed by atoms with van der Waals surface area (Å²) in [6.45, 7) is 8.10. The van der Waals surface area contributed by atoms with Crippen molar-refractivity contribution < 1.29 is 9.31 Å². The number of nitrogens with zero attached hydrogens (tertiary/aromatic N) is 2. The zero-order chi connectivity index (χ0) is 11.1. The molecule has 1 aromatic heterocycles. The van der Waals surface area contributed by atoms with Crippen LogP contribution in [0.5, 0.6) is 0 Å². The Bertz CT molecular complexity index is 338. The maximum atomic E-state index is 5.85. The average molecular weight is 222 g/mol. The third kappa shape index (κ3) is 2.10. The summed E-state index contributed by atoms with van der Waals surface area (Å²) < 4.78 is 11.7. The molecule has 0 aliphatic carbocycles. The van der Waals surface area contributed by atoms with E-state index >= 15 is 0 Å². The van der Waals surface area contributed by atoms with Crippen molar-refractivity contribution >= 4 is 12.6 Å². The predicted molar refractivity (Wildman–Crippen MR) is 64.5 cm³/mol. The zero-order valence-electron chi connectivity index (χ0n) is 9.52. The van der Waals surface area contributed by atoms with Crippen molar-refractivity contribution in [1.82, 2.24) is 9.97 Å². The minimum Gasteiger partial charge on any atom is -0.399 e. The van der Waals surface area contributed by atoms with E-state index in [4.69, 9.17) is 9.31 Å². The van der Waals surface area contributed by atoms with Crippen molar-refractivity contribution in [2.45, 2.75) is 46.3 Å². The summed E-state index contributed by atoms with van der Waals surface area (Å²) in [7, 11) is -0.365. The van der Waals surface area contributed by atoms with Crippen LogP contribution in [0.2, 0.25) is 0 Å². The van der Waals surface area contributed by atoms with E-state index in [1.807, 2.05) is 27.7 Å². The molecule has 5 heteroatoms. The number of rotatable bonds is 1. The summed E-state index contributed by atoms with van der Waals surface area (Å²) >= 11 is 0. The number of aromatic nitrogens is 2. The molecule has 88 valence electrons. The van der Waals surface area contributed by atoms with E-state index in [-0.39, 0.29) is 25.7 Å². The Kier molecular flexibility index (Phi) is 3.40. The zero-order valence-corrected chi connectivity index (χ0v) is 9.52. The van der Waals surface area contributed by atoms with Crippen LogP contribution in [0, 0.1) is 0 Å². The van der Waals surface area contributed by atoms with E-state index in [1.54, 1.807) is 12.4 Å². The molecule has 0 N–H and O–H groups in total. The van der Waals surface area contributed by atoms with Gasteiger partial charge in [0.2, 0.25) is 0 Å². The molecule has 1 saturated heterocycles. The normalized spacial score (nSPS) is 21.6. The first-order valence-electron chi connectivity index (χ1n) is 5.03. The van der Waals surface area contributed by atoms with Gasteiger partial charge in [-0.25, -0.2) is 9.97 Å². The molecule has 4 nitrogen and oxygen atoms in total. The summed E-state index contributed by atoms with van der Waals surface area (Å²) in [5.74, 6) is 0. The monoisotopic (exact) mass is 222 g/mol. The van der Waals surface area contributed by atoms with E-state index in [1.165, 1.54) is 6.33 Å². The lowest BCUT2D eigenvalue weighted by atomic mass is 9.81. The Morgan fingerprint density at radius 2 is 1.44 bits per heavy atom. The number of hydrogen-bond donors (Lipinski definition) is 0. The first-order valence-corrected chi connectivity index (χ1v) is 5.03. The Morgan fingerprint density at radius 3 is 1.88 bits per heavy atom. The summed E-state index contributed by atoms with van der Waals surface area (Å²) in [5.41, 5.74) is 0.234. The SMILES string of the molecule is C.CC1(C)OB(c2cncnc2)OC1(C)C. The first kappa shape index (κ1) is 13.1. The summed E-state index contributed by atoms with van der Waals surface area (Å²) in [6.07, 6.45) is 4.93. The van der Waals surface area contributed by atoms with Crippen molar-refractivity contribution in [1.29, 1.82) is 0 Å². The Balaban J connectivity index is 0.00000128. The lowest BCUT2D eigenvalue weighted by Crippen LogP contribution is -2.41. The van der Waals surface area contributed by atoms with Crippen LogP contribution in [0.25, 0.3) is 0 Å². The van der Waals surface area contributed by atoms with Crippen LogP contribution in [0.3, 0.4) is 0 Å². The van der Waals surface area contributed by atoms with Crippen LogP contribution in [-0.2, 0) is 9.31 Å². The van der Waals surface area contributed by atoms with Gasteiger partial charge in [0.1, 0.15) is 6.33 Å². The van der Waals surface area contributed by atoms with Crippen LogP contribution < -0.4 is 5.46 Å². The minimum atomic E-state index is -0.365. The third-order valence-corrected chi connectivity index (χ3v) is 3.11. The summed E-state index contributed by atoms with van der Waals surface area (Å²) in [6, 6.07) is 0. The Hall–Kier alpha value is -0.935. The molecule has 0 saturated carbocycles. The van der Waals surface area contributed by atoms with Crippen molar-refractivity contribution in [3.8, 4) is 0 Å². The van der Waals surface area contributed by atoms with E-state index in [2.05, 4.69) is 9.97 Å². The highest BCUT2D eigenvalue weighted by Crippen LogP contribution is 2.36. The second-order valence-corrected chi connectivity index (χ2v) is 4.76. The van der Waals surface area contributed by atoms with Gasteiger partial charge in [-0.1, -0.05) is 7.43 Å². The van der Waals surface area contributed by atoms with Gasteiger partial charge in [-0.2, -0.15) is 0 Å². The Morgan fingerprint density at radius 1 is 1.00 bits per heavy atom. The van der Waals surface area contributed by atoms with Crippen LogP contribution in [0.1, 0.15) is 35.1 Å². The van der Waals surface area contributed by atoms with Crippen molar-refractivity contribution in [3.05, 3.63) is 18.7 Å². The van der Waals surface area contributed by atoms with Gasteiger partial charge in [0, 0.05) is 17.9 Å². The largest absolute Gasteiger partial charge is 0.498 e. The van der Waals surface area contributed by atoms with Gasteiger partial charge in [0.25, 0.3) is 0 Å². The molecule has 1 fully saturated rings. The lowest BCUT2D eigenvalue weighted by Gasteiger charge is -2.32. The fourth-order valence-electron chi connectivity index (χ4n) is 1.41. The van der Waals surface area contributed by atoms with Gasteiger partial charge in [0.05, 0.1) is 11.2 Å². The molecule has 2 rings (SSSR count). The number of hydrogen-bond acceptors (Lipinski definition) is 4. The minimum absolute atomic E-state index is 0. The van der Waals surface area contributed by atoms with Gasteiger partial charge >= 0.3 is 7.12 Å². The molecular formula is C11H19BN2O2. The van der Waals surface area contributed by atoms with Gasteiger partial charge in [-0.05, 0) is 27.7 Å². The first-order chi connectivity index (χ1) is 6.92. The van der Waals surface area contributed by atoms with E-state index in [0.717, 1.165) is 5.46 Å². The molecule has 0 bridgehead atoms.